The monoisotopic (exact) mass is 284 g/mol. The normalized spacial score (nSPS) is 10.8. The van der Waals surface area contributed by atoms with Crippen LogP contribution in [0.2, 0.25) is 0 Å². The summed E-state index contributed by atoms with van der Waals surface area (Å²) in [6.45, 7) is 0. The SMILES string of the molecule is COSc1ccc2c(=O)cc(-c3ccccc3)oc2c1. The van der Waals surface area contributed by atoms with Crippen molar-refractivity contribution in [3.8, 4) is 11.3 Å². The molecular formula is C16H12O3S. The average Bonchev–Trinajstić information content (AvgIpc) is 2.48. The molecule has 3 rings (SSSR count). The number of fused-ring (bicyclic) bond motifs is 1. The van der Waals surface area contributed by atoms with Crippen molar-refractivity contribution in [2.24, 2.45) is 0 Å². The Balaban J connectivity index is 2.19. The summed E-state index contributed by atoms with van der Waals surface area (Å²) in [6, 6.07) is 16.5. The van der Waals surface area contributed by atoms with Crippen LogP contribution < -0.4 is 5.43 Å². The minimum absolute atomic E-state index is 0.0425. The molecule has 3 nitrogen and oxygen atoms in total. The van der Waals surface area contributed by atoms with Gasteiger partial charge in [-0.25, -0.2) is 0 Å². The minimum Gasteiger partial charge on any atom is -0.456 e. The Morgan fingerprint density at radius 2 is 1.85 bits per heavy atom. The van der Waals surface area contributed by atoms with E-state index in [0.29, 0.717) is 16.7 Å². The molecule has 1 aromatic heterocycles. The molecule has 1 heterocycles. The van der Waals surface area contributed by atoms with Gasteiger partial charge in [-0.15, -0.1) is 0 Å². The summed E-state index contributed by atoms with van der Waals surface area (Å²) in [4.78, 5) is 13.0. The van der Waals surface area contributed by atoms with Crippen LogP contribution in [0, 0.1) is 0 Å². The Kier molecular flexibility index (Phi) is 3.58. The van der Waals surface area contributed by atoms with E-state index in [4.69, 9.17) is 8.60 Å². The summed E-state index contributed by atoms with van der Waals surface area (Å²) >= 11 is 1.24. The van der Waals surface area contributed by atoms with Gasteiger partial charge in [0.1, 0.15) is 11.3 Å². The van der Waals surface area contributed by atoms with Gasteiger partial charge in [0.05, 0.1) is 12.5 Å². The first-order valence-corrected chi connectivity index (χ1v) is 6.86. The van der Waals surface area contributed by atoms with Crippen molar-refractivity contribution < 1.29 is 8.60 Å². The van der Waals surface area contributed by atoms with Crippen LogP contribution in [0.4, 0.5) is 0 Å². The lowest BCUT2D eigenvalue weighted by Crippen LogP contribution is -2.00. The lowest BCUT2D eigenvalue weighted by Gasteiger charge is -2.04. The fraction of sp³-hybridized carbons (Fsp3) is 0.0625. The Labute approximate surface area is 120 Å². The Bertz CT molecular complexity index is 794. The van der Waals surface area contributed by atoms with E-state index in [2.05, 4.69) is 0 Å². The highest BCUT2D eigenvalue weighted by Crippen LogP contribution is 2.26. The van der Waals surface area contributed by atoms with E-state index in [1.165, 1.54) is 18.1 Å². The Morgan fingerprint density at radius 3 is 2.60 bits per heavy atom. The summed E-state index contributed by atoms with van der Waals surface area (Å²) in [5, 5.41) is 0.574. The summed E-state index contributed by atoms with van der Waals surface area (Å²) in [5.41, 5.74) is 1.41. The maximum atomic E-state index is 12.1. The predicted octanol–water partition coefficient (Wildman–Crippen LogP) is 4.11. The lowest BCUT2D eigenvalue weighted by atomic mass is 10.1. The van der Waals surface area contributed by atoms with Gasteiger partial charge in [-0.2, -0.15) is 0 Å². The molecule has 0 amide bonds. The molecule has 0 atom stereocenters. The van der Waals surface area contributed by atoms with Gasteiger partial charge in [0.15, 0.2) is 5.43 Å². The smallest absolute Gasteiger partial charge is 0.193 e. The zero-order chi connectivity index (χ0) is 13.9. The fourth-order valence-corrected chi connectivity index (χ4v) is 2.50. The van der Waals surface area contributed by atoms with E-state index in [1.54, 1.807) is 13.2 Å². The first-order chi connectivity index (χ1) is 9.78. The van der Waals surface area contributed by atoms with Crippen molar-refractivity contribution in [1.82, 2.24) is 0 Å². The molecule has 0 bridgehead atoms. The molecule has 0 fully saturated rings. The van der Waals surface area contributed by atoms with E-state index in [-0.39, 0.29) is 5.43 Å². The first-order valence-electron chi connectivity index (χ1n) is 6.12. The van der Waals surface area contributed by atoms with E-state index >= 15 is 0 Å². The Morgan fingerprint density at radius 1 is 1.05 bits per heavy atom. The van der Waals surface area contributed by atoms with Crippen LogP contribution >= 0.6 is 12.0 Å². The van der Waals surface area contributed by atoms with E-state index in [9.17, 15) is 4.79 Å². The summed E-state index contributed by atoms with van der Waals surface area (Å²) in [7, 11) is 1.60. The van der Waals surface area contributed by atoms with Crippen molar-refractivity contribution in [3.63, 3.8) is 0 Å². The molecule has 0 aliphatic heterocycles. The van der Waals surface area contributed by atoms with Gasteiger partial charge in [-0.3, -0.25) is 4.79 Å². The first kappa shape index (κ1) is 13.0. The van der Waals surface area contributed by atoms with Crippen molar-refractivity contribution in [3.05, 3.63) is 64.8 Å². The molecule has 0 saturated heterocycles. The molecule has 0 radical (unpaired) electrons. The number of hydrogen-bond acceptors (Lipinski definition) is 4. The maximum absolute atomic E-state index is 12.1. The van der Waals surface area contributed by atoms with Gasteiger partial charge in [-0.05, 0) is 18.2 Å². The molecule has 3 aromatic rings. The van der Waals surface area contributed by atoms with Gasteiger partial charge in [0.2, 0.25) is 0 Å². The molecule has 0 spiro atoms. The Hall–Kier alpha value is -2.04. The zero-order valence-corrected chi connectivity index (χ0v) is 11.6. The number of rotatable bonds is 3. The second-order valence-corrected chi connectivity index (χ2v) is 5.22. The third-order valence-corrected chi connectivity index (χ3v) is 3.55. The highest BCUT2D eigenvalue weighted by atomic mass is 32.2. The van der Waals surface area contributed by atoms with Crippen LogP contribution in [0.1, 0.15) is 0 Å². The van der Waals surface area contributed by atoms with E-state index < -0.39 is 0 Å². The maximum Gasteiger partial charge on any atom is 0.193 e. The quantitative estimate of drug-likeness (QED) is 0.678. The molecule has 2 aromatic carbocycles. The molecule has 0 N–H and O–H groups in total. The molecule has 0 aliphatic rings. The van der Waals surface area contributed by atoms with Crippen LogP contribution in [0.5, 0.6) is 0 Å². The predicted molar refractivity (Wildman–Crippen MR) is 80.8 cm³/mol. The fourth-order valence-electron chi connectivity index (χ4n) is 2.03. The molecule has 0 aliphatic carbocycles. The summed E-state index contributed by atoms with van der Waals surface area (Å²) < 4.78 is 10.9. The van der Waals surface area contributed by atoms with Crippen LogP contribution in [-0.4, -0.2) is 7.11 Å². The highest BCUT2D eigenvalue weighted by molar-refractivity contribution is 7.94. The minimum atomic E-state index is -0.0425. The summed E-state index contributed by atoms with van der Waals surface area (Å²) in [6.07, 6.45) is 0. The molecule has 0 saturated carbocycles. The molecule has 100 valence electrons. The van der Waals surface area contributed by atoms with Crippen molar-refractivity contribution >= 4 is 23.0 Å². The number of benzene rings is 2. The molecule has 20 heavy (non-hydrogen) atoms. The van der Waals surface area contributed by atoms with Crippen LogP contribution in [0.3, 0.4) is 0 Å². The van der Waals surface area contributed by atoms with Crippen molar-refractivity contribution in [1.29, 1.82) is 0 Å². The van der Waals surface area contributed by atoms with Gasteiger partial charge in [-0.1, -0.05) is 30.3 Å². The second-order valence-electron chi connectivity index (χ2n) is 4.25. The third-order valence-electron chi connectivity index (χ3n) is 2.94. The topological polar surface area (TPSA) is 39.4 Å². The van der Waals surface area contributed by atoms with Crippen LogP contribution in [0.15, 0.2) is 68.7 Å². The standard InChI is InChI=1S/C16H12O3S/c1-18-20-12-7-8-13-14(17)10-15(19-16(13)9-12)11-5-3-2-4-6-11/h2-10H,1H3. The van der Waals surface area contributed by atoms with Gasteiger partial charge >= 0.3 is 0 Å². The van der Waals surface area contributed by atoms with Crippen LogP contribution in [0.25, 0.3) is 22.3 Å². The van der Waals surface area contributed by atoms with Gasteiger partial charge in [0.25, 0.3) is 0 Å². The lowest BCUT2D eigenvalue weighted by molar-refractivity contribution is 0.489. The highest BCUT2D eigenvalue weighted by Gasteiger charge is 2.07. The molecule has 0 unspecified atom stereocenters. The van der Waals surface area contributed by atoms with Crippen LogP contribution in [-0.2, 0) is 4.18 Å². The van der Waals surface area contributed by atoms with Crippen molar-refractivity contribution in [2.75, 3.05) is 7.11 Å². The third kappa shape index (κ3) is 2.48. The number of hydrogen-bond donors (Lipinski definition) is 0. The van der Waals surface area contributed by atoms with Crippen molar-refractivity contribution in [2.45, 2.75) is 4.90 Å². The molecular weight excluding hydrogens is 272 g/mol. The second kappa shape index (κ2) is 5.53. The van der Waals surface area contributed by atoms with Gasteiger partial charge in [0, 0.05) is 28.6 Å². The summed E-state index contributed by atoms with van der Waals surface area (Å²) in [5.74, 6) is 0.572. The average molecular weight is 284 g/mol. The van der Waals surface area contributed by atoms with E-state index in [1.807, 2.05) is 42.5 Å². The largest absolute Gasteiger partial charge is 0.456 e. The van der Waals surface area contributed by atoms with E-state index in [0.717, 1.165) is 10.5 Å². The zero-order valence-electron chi connectivity index (χ0n) is 10.8. The molecule has 4 heteroatoms. The van der Waals surface area contributed by atoms with Gasteiger partial charge < -0.3 is 8.60 Å².